The van der Waals surface area contributed by atoms with Crippen LogP contribution in [-0.2, 0) is 17.4 Å². The molecule has 10 rings (SSSR count). The number of benzene rings is 6. The molecule has 0 aromatic heterocycles. The molecule has 0 nitrogen and oxygen atoms in total. The summed E-state index contributed by atoms with van der Waals surface area (Å²) in [6.45, 7) is 5.16. The van der Waals surface area contributed by atoms with E-state index in [0.717, 1.165) is 11.8 Å². The van der Waals surface area contributed by atoms with Crippen LogP contribution in [0.3, 0.4) is 0 Å². The Morgan fingerprint density at radius 3 is 1.30 bits per heavy atom. The Morgan fingerprint density at radius 1 is 0.483 bits per heavy atom. The Kier molecular flexibility index (Phi) is 13.1. The summed E-state index contributed by atoms with van der Waals surface area (Å²) in [6.07, 6.45) is 23.5. The van der Waals surface area contributed by atoms with E-state index in [-0.39, 0.29) is 24.8 Å². The summed E-state index contributed by atoms with van der Waals surface area (Å²) in [6, 6.07) is 47.0. The van der Waals surface area contributed by atoms with Crippen molar-refractivity contribution in [1.82, 2.24) is 0 Å². The van der Waals surface area contributed by atoms with Gasteiger partial charge in [-0.15, -0.1) is 24.8 Å². The van der Waals surface area contributed by atoms with Crippen molar-refractivity contribution < 1.29 is 17.4 Å². The fourth-order valence-corrected chi connectivity index (χ4v) is 39.1. The molecule has 4 aliphatic carbocycles. The van der Waals surface area contributed by atoms with Gasteiger partial charge in [0.25, 0.3) is 0 Å². The van der Waals surface area contributed by atoms with Crippen LogP contribution in [0.4, 0.5) is 0 Å². The van der Waals surface area contributed by atoms with Crippen molar-refractivity contribution in [3.05, 3.63) is 155 Å². The Morgan fingerprint density at radius 2 is 0.867 bits per heavy atom. The zero-order valence-corrected chi connectivity index (χ0v) is 41.4. The fraction of sp³-hybridized carbons (Fsp3) is 0.357. The second kappa shape index (κ2) is 18.0. The van der Waals surface area contributed by atoms with Crippen molar-refractivity contribution in [2.45, 2.75) is 106 Å². The molecule has 60 heavy (non-hydrogen) atoms. The first-order valence-corrected chi connectivity index (χ1v) is 36.0. The molecule has 0 aliphatic heterocycles. The monoisotopic (exact) mass is 924 g/mol. The van der Waals surface area contributed by atoms with Crippen molar-refractivity contribution in [3.63, 3.8) is 0 Å². The van der Waals surface area contributed by atoms with Crippen LogP contribution in [0.25, 0.3) is 56.0 Å². The van der Waals surface area contributed by atoms with Crippen LogP contribution in [0.15, 0.2) is 132 Å². The van der Waals surface area contributed by atoms with Crippen molar-refractivity contribution in [3.8, 4) is 22.3 Å². The van der Waals surface area contributed by atoms with E-state index in [1.165, 1.54) is 131 Å². The Hall–Kier alpha value is -3.00. The summed E-state index contributed by atoms with van der Waals surface area (Å²) in [4.78, 5) is 0. The van der Waals surface area contributed by atoms with Gasteiger partial charge in [0.15, 0.2) is 0 Å². The van der Waals surface area contributed by atoms with E-state index in [4.69, 9.17) is 0 Å². The molecule has 4 heteroatoms. The molecule has 6 aromatic carbocycles. The van der Waals surface area contributed by atoms with Gasteiger partial charge in [0.2, 0.25) is 0 Å². The van der Waals surface area contributed by atoms with Crippen molar-refractivity contribution in [2.24, 2.45) is 11.8 Å². The summed E-state index contributed by atoms with van der Waals surface area (Å²) in [5, 5.41) is 5.42. The molecule has 2 saturated carbocycles. The summed E-state index contributed by atoms with van der Waals surface area (Å²) >= 11 is -4.01. The van der Waals surface area contributed by atoms with E-state index in [2.05, 4.69) is 152 Å². The third-order valence-electron chi connectivity index (χ3n) is 15.7. The van der Waals surface area contributed by atoms with E-state index >= 15 is 0 Å². The summed E-state index contributed by atoms with van der Waals surface area (Å²) in [7, 11) is 0. The molecule has 0 saturated heterocycles. The number of allylic oxidation sites excluding steroid dienone is 2. The summed E-state index contributed by atoms with van der Waals surface area (Å²) in [5.74, 6) is 1.63. The molecule has 0 bridgehead atoms. The molecule has 6 aromatic rings. The third-order valence-corrected chi connectivity index (χ3v) is 39.2. The average Bonchev–Trinajstić information content (AvgIpc) is 3.83. The Bertz CT molecular complexity index is 2470. The number of fused-ring (bicyclic) bond motifs is 4. The van der Waals surface area contributed by atoms with Crippen LogP contribution in [-0.4, -0.2) is 6.88 Å². The predicted molar refractivity (Wildman–Crippen MR) is 267 cm³/mol. The molecule has 2 unspecified atom stereocenters. The first-order valence-electron chi connectivity index (χ1n) is 23.1. The number of rotatable bonds is 10. The Balaban J connectivity index is 0.00000249. The maximum absolute atomic E-state index is 4.01. The van der Waals surface area contributed by atoms with Gasteiger partial charge in [-0.2, -0.15) is 0 Å². The Labute approximate surface area is 375 Å². The van der Waals surface area contributed by atoms with E-state index in [0.29, 0.717) is 7.25 Å². The van der Waals surface area contributed by atoms with Crippen LogP contribution in [0, 0.1) is 11.8 Å². The quantitative estimate of drug-likeness (QED) is 0.120. The van der Waals surface area contributed by atoms with Gasteiger partial charge < -0.3 is 0 Å². The molecule has 0 radical (unpaired) electrons. The van der Waals surface area contributed by atoms with E-state index in [1.807, 2.05) is 11.1 Å². The smallest absolute Gasteiger partial charge is 0.147 e. The van der Waals surface area contributed by atoms with Crippen molar-refractivity contribution >= 4 is 65.4 Å². The topological polar surface area (TPSA) is 0 Å². The van der Waals surface area contributed by atoms with E-state index < -0.39 is 17.4 Å². The average molecular weight is 927 g/mol. The van der Waals surface area contributed by atoms with Crippen LogP contribution in [0.2, 0.25) is 8.76 Å². The van der Waals surface area contributed by atoms with E-state index in [9.17, 15) is 0 Å². The molecule has 2 fully saturated rings. The minimum absolute atomic E-state index is 0. The first-order chi connectivity index (χ1) is 28.4. The van der Waals surface area contributed by atoms with Crippen LogP contribution >= 0.6 is 24.8 Å². The van der Waals surface area contributed by atoms with Crippen LogP contribution in [0.5, 0.6) is 0 Å². The SMILES string of the molecule is CC[CH2][Zr]([CH3])(=[SiH2])([CH]1C(CC2CCCCC2)=Cc2c(-c3cccc4ccccc34)cccc21)[CH]1C(CC2CCCCC2)=Cc2c(-c3cccc4ccccc34)cccc21.Cl.Cl. The maximum atomic E-state index is 2.99. The van der Waals surface area contributed by atoms with Gasteiger partial charge in [-0.25, -0.2) is 0 Å². The van der Waals surface area contributed by atoms with Crippen LogP contribution in [0.1, 0.15) is 120 Å². The summed E-state index contributed by atoms with van der Waals surface area (Å²) < 4.78 is 5.49. The van der Waals surface area contributed by atoms with Crippen molar-refractivity contribution in [1.29, 1.82) is 0 Å². The molecule has 0 heterocycles. The third kappa shape index (κ3) is 7.73. The second-order valence-electron chi connectivity index (χ2n) is 19.7. The normalized spacial score (nSPS) is 19.6. The summed E-state index contributed by atoms with van der Waals surface area (Å²) in [5.41, 5.74) is 15.7. The minimum atomic E-state index is -4.01. The molecule has 0 amide bonds. The van der Waals surface area contributed by atoms with Gasteiger partial charge in [0, 0.05) is 0 Å². The molecular formula is C56H64Cl2SiZr. The standard InChI is InChI=1S/2C26H25.C3H7.CH3.2ClH.H2Si.Zr/c2*1-2-8-19(9-3-1)16-20-17-22-12-7-15-25(26(22)18-20)24-14-6-11-21-10-4-5-13-23(21)24;1-3-2;;;;;/h2*4-7,10-15,17-19H,1-3,8-9,16H2;1,3H2,2H3;1H3;2*1H;1H2;. The minimum Gasteiger partial charge on any atom is -0.147 e. The molecule has 310 valence electrons. The largest absolute Gasteiger partial charge is 0.147 e. The second-order valence-corrected chi connectivity index (χ2v) is 48.1. The van der Waals surface area contributed by atoms with Gasteiger partial charge in [-0.3, -0.25) is 0 Å². The fourth-order valence-electron chi connectivity index (χ4n) is 13.3. The molecule has 2 atom stereocenters. The number of hydrogen-bond donors (Lipinski definition) is 0. The van der Waals surface area contributed by atoms with Gasteiger partial charge in [0.1, 0.15) is 0 Å². The van der Waals surface area contributed by atoms with Gasteiger partial charge in [-0.05, 0) is 0 Å². The predicted octanol–water partition coefficient (Wildman–Crippen LogP) is 16.8. The molecule has 4 aliphatic rings. The van der Waals surface area contributed by atoms with Gasteiger partial charge in [-0.1, -0.05) is 0 Å². The number of hydrogen-bond acceptors (Lipinski definition) is 0. The zero-order chi connectivity index (χ0) is 39.3. The van der Waals surface area contributed by atoms with Gasteiger partial charge >= 0.3 is 353 Å². The molecular weight excluding hydrogens is 863 g/mol. The molecule has 0 spiro atoms. The number of halogens is 2. The maximum Gasteiger partial charge on any atom is -0.147 e. The van der Waals surface area contributed by atoms with E-state index in [1.54, 1.807) is 22.3 Å². The zero-order valence-electron chi connectivity index (χ0n) is 35.9. The first kappa shape index (κ1) is 43.6. The van der Waals surface area contributed by atoms with Crippen LogP contribution < -0.4 is 0 Å². The molecule has 0 N–H and O–H groups in total. The van der Waals surface area contributed by atoms with Crippen molar-refractivity contribution in [2.75, 3.05) is 0 Å². The van der Waals surface area contributed by atoms with Gasteiger partial charge in [0.05, 0.1) is 0 Å².